The number of ether oxygens (including phenoxy) is 1. The molecular formula is C22H24N2O3S. The Balaban J connectivity index is 1.24. The van der Waals surface area contributed by atoms with E-state index in [1.165, 1.54) is 0 Å². The van der Waals surface area contributed by atoms with Gasteiger partial charge in [0.2, 0.25) is 0 Å². The number of aliphatic hydroxyl groups is 1. The van der Waals surface area contributed by atoms with Crippen LogP contribution < -0.4 is 4.74 Å². The molecule has 0 saturated carbocycles. The van der Waals surface area contributed by atoms with Gasteiger partial charge in [-0.25, -0.2) is 0 Å². The number of piperazine rings is 1. The molecule has 1 aromatic heterocycles. The van der Waals surface area contributed by atoms with Crippen LogP contribution in [0.4, 0.5) is 0 Å². The molecule has 6 heteroatoms. The summed E-state index contributed by atoms with van der Waals surface area (Å²) in [5.41, 5.74) is 0. The average Bonchev–Trinajstić information content (AvgIpc) is 3.27. The second kappa shape index (κ2) is 8.73. The number of β-amino-alcohol motifs (C(OH)–C–C–N with tert-alkyl or cyclic N) is 1. The molecule has 2 heterocycles. The molecule has 0 spiro atoms. The van der Waals surface area contributed by atoms with Crippen molar-refractivity contribution in [2.75, 3.05) is 39.3 Å². The Morgan fingerprint density at radius 2 is 1.82 bits per heavy atom. The highest BCUT2D eigenvalue weighted by atomic mass is 32.1. The van der Waals surface area contributed by atoms with Gasteiger partial charge in [-0.3, -0.25) is 9.69 Å². The molecule has 1 saturated heterocycles. The predicted molar refractivity (Wildman–Crippen MR) is 112 cm³/mol. The van der Waals surface area contributed by atoms with Crippen LogP contribution in [0.2, 0.25) is 0 Å². The minimum absolute atomic E-state index is 0.00612. The molecule has 3 aromatic rings. The van der Waals surface area contributed by atoms with E-state index in [2.05, 4.69) is 11.0 Å². The summed E-state index contributed by atoms with van der Waals surface area (Å²) in [7, 11) is 0. The van der Waals surface area contributed by atoms with E-state index in [0.29, 0.717) is 25.4 Å². The molecular weight excluding hydrogens is 372 g/mol. The summed E-state index contributed by atoms with van der Waals surface area (Å²) in [4.78, 5) is 17.5. The molecule has 4 rings (SSSR count). The Bertz CT molecular complexity index is 920. The van der Waals surface area contributed by atoms with Crippen molar-refractivity contribution in [3.8, 4) is 5.75 Å². The SMILES string of the molecule is O=C(COc1ccc2ccccc2c1)N1CCN(CC(O)c2cccs2)CC1. The van der Waals surface area contributed by atoms with Crippen molar-refractivity contribution in [1.82, 2.24) is 9.80 Å². The van der Waals surface area contributed by atoms with Crippen molar-refractivity contribution in [3.05, 3.63) is 64.9 Å². The van der Waals surface area contributed by atoms with Crippen LogP contribution in [-0.4, -0.2) is 60.1 Å². The number of rotatable bonds is 6. The molecule has 5 nitrogen and oxygen atoms in total. The summed E-state index contributed by atoms with van der Waals surface area (Å²) >= 11 is 1.57. The Morgan fingerprint density at radius 3 is 2.57 bits per heavy atom. The summed E-state index contributed by atoms with van der Waals surface area (Å²) < 4.78 is 5.73. The second-order valence-corrected chi connectivity index (χ2v) is 7.99. The number of amides is 1. The second-order valence-electron chi connectivity index (χ2n) is 7.01. The molecule has 1 fully saturated rings. The van der Waals surface area contributed by atoms with Crippen molar-refractivity contribution in [2.24, 2.45) is 0 Å². The molecule has 2 aromatic carbocycles. The molecule has 28 heavy (non-hydrogen) atoms. The molecule has 0 radical (unpaired) electrons. The quantitative estimate of drug-likeness (QED) is 0.695. The standard InChI is InChI=1S/C22H24N2O3S/c25-20(21-6-3-13-28-21)15-23-9-11-24(12-10-23)22(26)16-27-19-8-7-17-4-1-2-5-18(17)14-19/h1-8,13-14,20,25H,9-12,15-16H2. The minimum atomic E-state index is -0.460. The molecule has 1 atom stereocenters. The van der Waals surface area contributed by atoms with Crippen LogP contribution in [0.3, 0.4) is 0 Å². The molecule has 1 aliphatic rings. The van der Waals surface area contributed by atoms with Gasteiger partial charge in [0.1, 0.15) is 11.9 Å². The summed E-state index contributed by atoms with van der Waals surface area (Å²) in [5, 5.41) is 14.5. The van der Waals surface area contributed by atoms with Crippen LogP contribution in [0.5, 0.6) is 5.75 Å². The van der Waals surface area contributed by atoms with E-state index in [9.17, 15) is 9.90 Å². The lowest BCUT2D eigenvalue weighted by molar-refractivity contribution is -0.135. The monoisotopic (exact) mass is 396 g/mol. The first-order chi connectivity index (χ1) is 13.7. The third kappa shape index (κ3) is 4.52. The van der Waals surface area contributed by atoms with Gasteiger partial charge in [0, 0.05) is 37.6 Å². The van der Waals surface area contributed by atoms with Crippen LogP contribution in [0, 0.1) is 0 Å². The number of fused-ring (bicyclic) bond motifs is 1. The summed E-state index contributed by atoms with van der Waals surface area (Å²) in [6.07, 6.45) is -0.460. The van der Waals surface area contributed by atoms with Crippen molar-refractivity contribution in [2.45, 2.75) is 6.10 Å². The number of carbonyl (C=O) groups excluding carboxylic acids is 1. The van der Waals surface area contributed by atoms with E-state index in [1.54, 1.807) is 11.3 Å². The topological polar surface area (TPSA) is 53.0 Å². The van der Waals surface area contributed by atoms with E-state index in [4.69, 9.17) is 4.74 Å². The van der Waals surface area contributed by atoms with Gasteiger partial charge in [-0.05, 0) is 34.4 Å². The lowest BCUT2D eigenvalue weighted by Gasteiger charge is -2.35. The van der Waals surface area contributed by atoms with Gasteiger partial charge in [0.25, 0.3) is 5.91 Å². The van der Waals surface area contributed by atoms with Crippen LogP contribution in [-0.2, 0) is 4.79 Å². The van der Waals surface area contributed by atoms with Crippen LogP contribution in [0.15, 0.2) is 60.0 Å². The third-order valence-electron chi connectivity index (χ3n) is 5.11. The van der Waals surface area contributed by atoms with Gasteiger partial charge in [-0.2, -0.15) is 0 Å². The Kier molecular flexibility index (Phi) is 5.90. The van der Waals surface area contributed by atoms with Gasteiger partial charge in [-0.15, -0.1) is 11.3 Å². The number of benzene rings is 2. The first kappa shape index (κ1) is 18.9. The van der Waals surface area contributed by atoms with Gasteiger partial charge < -0.3 is 14.7 Å². The van der Waals surface area contributed by atoms with Crippen molar-refractivity contribution in [3.63, 3.8) is 0 Å². The molecule has 1 amide bonds. The zero-order valence-electron chi connectivity index (χ0n) is 15.7. The van der Waals surface area contributed by atoms with Crippen LogP contribution >= 0.6 is 11.3 Å². The van der Waals surface area contributed by atoms with Gasteiger partial charge >= 0.3 is 0 Å². The van der Waals surface area contributed by atoms with E-state index in [1.807, 2.05) is 58.8 Å². The fraction of sp³-hybridized carbons (Fsp3) is 0.318. The first-order valence-corrected chi connectivity index (χ1v) is 10.4. The zero-order valence-corrected chi connectivity index (χ0v) is 16.5. The highest BCUT2D eigenvalue weighted by Crippen LogP contribution is 2.21. The lowest BCUT2D eigenvalue weighted by Crippen LogP contribution is -2.50. The molecule has 1 N–H and O–H groups in total. The maximum absolute atomic E-state index is 12.5. The largest absolute Gasteiger partial charge is 0.484 e. The normalized spacial score (nSPS) is 16.2. The number of thiophene rings is 1. The van der Waals surface area contributed by atoms with E-state index < -0.39 is 6.10 Å². The highest BCUT2D eigenvalue weighted by molar-refractivity contribution is 7.10. The van der Waals surface area contributed by atoms with Crippen molar-refractivity contribution in [1.29, 1.82) is 0 Å². The van der Waals surface area contributed by atoms with Crippen molar-refractivity contribution < 1.29 is 14.6 Å². The average molecular weight is 397 g/mol. The number of nitrogens with zero attached hydrogens (tertiary/aromatic N) is 2. The number of hydrogen-bond donors (Lipinski definition) is 1. The van der Waals surface area contributed by atoms with Gasteiger partial charge in [0.05, 0.1) is 0 Å². The van der Waals surface area contributed by atoms with E-state index in [-0.39, 0.29) is 12.5 Å². The molecule has 1 aliphatic heterocycles. The summed E-state index contributed by atoms with van der Waals surface area (Å²) in [5.74, 6) is 0.719. The van der Waals surface area contributed by atoms with E-state index in [0.717, 1.165) is 28.7 Å². The minimum Gasteiger partial charge on any atom is -0.484 e. The third-order valence-corrected chi connectivity index (χ3v) is 6.08. The molecule has 146 valence electrons. The molecule has 1 unspecified atom stereocenters. The maximum atomic E-state index is 12.5. The molecule has 0 bridgehead atoms. The maximum Gasteiger partial charge on any atom is 0.260 e. The highest BCUT2D eigenvalue weighted by Gasteiger charge is 2.23. The number of hydrogen-bond acceptors (Lipinski definition) is 5. The molecule has 0 aliphatic carbocycles. The van der Waals surface area contributed by atoms with Gasteiger partial charge in [0.15, 0.2) is 6.61 Å². The Hall–Kier alpha value is -2.41. The smallest absolute Gasteiger partial charge is 0.260 e. The fourth-order valence-electron chi connectivity index (χ4n) is 3.49. The van der Waals surface area contributed by atoms with Crippen LogP contribution in [0.1, 0.15) is 11.0 Å². The van der Waals surface area contributed by atoms with E-state index >= 15 is 0 Å². The number of aliphatic hydroxyl groups excluding tert-OH is 1. The Labute approximate surface area is 168 Å². The number of carbonyl (C=O) groups is 1. The van der Waals surface area contributed by atoms with Crippen molar-refractivity contribution >= 4 is 28.0 Å². The first-order valence-electron chi connectivity index (χ1n) is 9.52. The summed E-state index contributed by atoms with van der Waals surface area (Å²) in [6.45, 7) is 3.52. The predicted octanol–water partition coefficient (Wildman–Crippen LogP) is 3.16. The lowest BCUT2D eigenvalue weighted by atomic mass is 10.1. The van der Waals surface area contributed by atoms with Gasteiger partial charge in [-0.1, -0.05) is 36.4 Å². The summed E-state index contributed by atoms with van der Waals surface area (Å²) in [6, 6.07) is 17.9. The van der Waals surface area contributed by atoms with Crippen LogP contribution in [0.25, 0.3) is 10.8 Å². The zero-order chi connectivity index (χ0) is 19.3. The fourth-order valence-corrected chi connectivity index (χ4v) is 4.19. The Morgan fingerprint density at radius 1 is 1.04 bits per heavy atom.